The molecule has 3 N–H and O–H groups in total. The minimum Gasteiger partial charge on any atom is -0.335 e. The Morgan fingerprint density at radius 1 is 1.20 bits per heavy atom. The van der Waals surface area contributed by atoms with E-state index >= 15 is 0 Å². The van der Waals surface area contributed by atoms with Gasteiger partial charge in [-0.15, -0.1) is 21.5 Å². The molecule has 0 radical (unpaired) electrons. The van der Waals surface area contributed by atoms with E-state index in [1.54, 1.807) is 6.07 Å². The molecule has 2 aromatic carbocycles. The minimum atomic E-state index is -0.202. The molecule has 0 aliphatic heterocycles. The van der Waals surface area contributed by atoms with E-state index in [9.17, 15) is 4.79 Å². The summed E-state index contributed by atoms with van der Waals surface area (Å²) in [4.78, 5) is 16.8. The van der Waals surface area contributed by atoms with Gasteiger partial charge in [0.25, 0.3) is 0 Å². The van der Waals surface area contributed by atoms with E-state index in [4.69, 9.17) is 17.4 Å². The number of anilines is 1. The number of benzene rings is 2. The second-order valence-corrected chi connectivity index (χ2v) is 8.60. The number of rotatable bonds is 6. The zero-order valence-electron chi connectivity index (χ0n) is 15.9. The third-order valence-electron chi connectivity index (χ3n) is 4.21. The summed E-state index contributed by atoms with van der Waals surface area (Å²) in [5.74, 6) is 6.45. The van der Waals surface area contributed by atoms with Crippen molar-refractivity contribution in [2.45, 2.75) is 12.1 Å². The maximum absolute atomic E-state index is 12.3. The van der Waals surface area contributed by atoms with Crippen LogP contribution in [0.2, 0.25) is 5.02 Å². The first-order valence-corrected chi connectivity index (χ1v) is 11.2. The van der Waals surface area contributed by atoms with E-state index in [2.05, 4.69) is 20.5 Å². The maximum atomic E-state index is 12.3. The monoisotopic (exact) mass is 456 g/mol. The van der Waals surface area contributed by atoms with Gasteiger partial charge in [-0.1, -0.05) is 65.3 Å². The molecule has 7 nitrogen and oxygen atoms in total. The molecule has 0 aliphatic rings. The molecule has 0 aliphatic carbocycles. The Morgan fingerprint density at radius 3 is 2.73 bits per heavy atom. The Morgan fingerprint density at radius 2 is 1.97 bits per heavy atom. The summed E-state index contributed by atoms with van der Waals surface area (Å²) in [5.41, 5.74) is 3.70. The van der Waals surface area contributed by atoms with Crippen molar-refractivity contribution in [3.05, 3.63) is 64.5 Å². The average Bonchev–Trinajstić information content (AvgIpc) is 3.34. The first-order valence-electron chi connectivity index (χ1n) is 8.92. The third kappa shape index (κ3) is 4.48. The van der Waals surface area contributed by atoms with Crippen LogP contribution in [0.1, 0.15) is 5.56 Å². The van der Waals surface area contributed by atoms with Crippen molar-refractivity contribution in [3.63, 3.8) is 0 Å². The minimum absolute atomic E-state index is 0.122. The molecule has 4 rings (SSSR count). The van der Waals surface area contributed by atoms with Gasteiger partial charge in [-0.3, -0.25) is 4.79 Å². The lowest BCUT2D eigenvalue weighted by atomic mass is 10.1. The second-order valence-electron chi connectivity index (χ2n) is 6.40. The van der Waals surface area contributed by atoms with Gasteiger partial charge in [0.05, 0.1) is 16.5 Å². The largest absolute Gasteiger partial charge is 0.335 e. The molecule has 30 heavy (non-hydrogen) atoms. The molecule has 0 fully saturated rings. The lowest BCUT2D eigenvalue weighted by Crippen LogP contribution is -2.16. The van der Waals surface area contributed by atoms with Gasteiger partial charge >= 0.3 is 0 Å². The Hall–Kier alpha value is -2.88. The number of aromatic nitrogens is 4. The van der Waals surface area contributed by atoms with E-state index in [0.717, 1.165) is 11.3 Å². The summed E-state index contributed by atoms with van der Waals surface area (Å²) in [6.07, 6.45) is 0. The van der Waals surface area contributed by atoms with Crippen molar-refractivity contribution in [2.24, 2.45) is 0 Å². The summed E-state index contributed by atoms with van der Waals surface area (Å²) in [7, 11) is 0. The van der Waals surface area contributed by atoms with Gasteiger partial charge in [-0.05, 0) is 19.1 Å². The van der Waals surface area contributed by atoms with Crippen LogP contribution in [0, 0.1) is 6.92 Å². The fraction of sp³-hybridized carbons (Fsp3) is 0.100. The van der Waals surface area contributed by atoms with E-state index in [0.29, 0.717) is 26.7 Å². The maximum Gasteiger partial charge on any atom is 0.236 e. The van der Waals surface area contributed by atoms with Crippen molar-refractivity contribution in [3.8, 4) is 22.6 Å². The fourth-order valence-electron chi connectivity index (χ4n) is 2.68. The molecule has 0 atom stereocenters. The van der Waals surface area contributed by atoms with Crippen LogP contribution in [-0.4, -0.2) is 31.5 Å². The molecular formula is C20H17ClN6OS2. The summed E-state index contributed by atoms with van der Waals surface area (Å²) in [6.45, 7) is 2.04. The van der Waals surface area contributed by atoms with E-state index in [1.807, 2.05) is 54.8 Å². The van der Waals surface area contributed by atoms with Crippen LogP contribution >= 0.6 is 34.7 Å². The van der Waals surface area contributed by atoms with Crippen LogP contribution in [0.4, 0.5) is 5.13 Å². The Bertz CT molecular complexity index is 1190. The zero-order chi connectivity index (χ0) is 21.1. The van der Waals surface area contributed by atoms with Crippen molar-refractivity contribution in [1.82, 2.24) is 19.9 Å². The highest BCUT2D eigenvalue weighted by Gasteiger charge is 2.16. The molecule has 0 spiro atoms. The molecule has 0 unspecified atom stereocenters. The Balaban J connectivity index is 1.38. The number of amides is 1. The number of thiazole rings is 1. The van der Waals surface area contributed by atoms with Crippen molar-refractivity contribution in [2.75, 3.05) is 16.9 Å². The molecule has 0 saturated carbocycles. The average molecular weight is 457 g/mol. The first-order chi connectivity index (χ1) is 14.5. The van der Waals surface area contributed by atoms with Gasteiger partial charge in [0.1, 0.15) is 0 Å². The number of aryl methyl sites for hydroxylation is 1. The lowest BCUT2D eigenvalue weighted by molar-refractivity contribution is -0.113. The molecule has 2 heterocycles. The van der Waals surface area contributed by atoms with Crippen molar-refractivity contribution in [1.29, 1.82) is 0 Å². The molecule has 1 amide bonds. The van der Waals surface area contributed by atoms with Crippen LogP contribution in [-0.2, 0) is 4.79 Å². The van der Waals surface area contributed by atoms with Crippen molar-refractivity contribution < 1.29 is 4.79 Å². The number of nitrogen functional groups attached to an aromatic ring is 1. The van der Waals surface area contributed by atoms with Gasteiger partial charge in [0.15, 0.2) is 11.0 Å². The van der Waals surface area contributed by atoms with Gasteiger partial charge in [-0.25, -0.2) is 9.66 Å². The van der Waals surface area contributed by atoms with Crippen LogP contribution < -0.4 is 11.2 Å². The first kappa shape index (κ1) is 20.4. The molecule has 0 saturated heterocycles. The summed E-state index contributed by atoms with van der Waals surface area (Å²) in [6, 6.07) is 15.3. The number of halogens is 1. The predicted octanol–water partition coefficient (Wildman–Crippen LogP) is 4.48. The van der Waals surface area contributed by atoms with E-state index < -0.39 is 0 Å². The van der Waals surface area contributed by atoms with Gasteiger partial charge in [0, 0.05) is 16.5 Å². The third-order valence-corrected chi connectivity index (χ3v) is 6.24. The molecule has 2 aromatic heterocycles. The standard InChI is InChI=1S/C20H17ClN6OS2/c1-12-6-8-13(9-7-12)16-10-29-19(23-16)24-17(28)11-30-20-26-25-18(27(20)22)14-4-2-3-5-15(14)21/h2-10H,11,22H2,1H3,(H,23,24,28). The smallest absolute Gasteiger partial charge is 0.236 e. The number of nitrogens with zero attached hydrogens (tertiary/aromatic N) is 4. The number of nitrogens with one attached hydrogen (secondary N) is 1. The van der Waals surface area contributed by atoms with Crippen LogP contribution in [0.3, 0.4) is 0 Å². The normalized spacial score (nSPS) is 10.9. The summed E-state index contributed by atoms with van der Waals surface area (Å²) >= 11 is 8.76. The number of carbonyl (C=O) groups is 1. The van der Waals surface area contributed by atoms with Crippen LogP contribution in [0.5, 0.6) is 0 Å². The molecule has 4 aromatic rings. The lowest BCUT2D eigenvalue weighted by Gasteiger charge is -2.05. The molecule has 10 heteroatoms. The topological polar surface area (TPSA) is 98.7 Å². The molecular weight excluding hydrogens is 440 g/mol. The van der Waals surface area contributed by atoms with Gasteiger partial charge < -0.3 is 11.2 Å². The Kier molecular flexibility index (Phi) is 6.03. The molecule has 0 bridgehead atoms. The summed E-state index contributed by atoms with van der Waals surface area (Å²) < 4.78 is 1.33. The number of hydrogen-bond donors (Lipinski definition) is 2. The van der Waals surface area contributed by atoms with E-state index in [-0.39, 0.29) is 11.7 Å². The number of thioether (sulfide) groups is 1. The Labute approximate surface area is 186 Å². The molecule has 152 valence electrons. The quantitative estimate of drug-likeness (QED) is 0.328. The zero-order valence-corrected chi connectivity index (χ0v) is 18.3. The van der Waals surface area contributed by atoms with Gasteiger partial charge in [0.2, 0.25) is 11.1 Å². The number of carbonyl (C=O) groups excluding carboxylic acids is 1. The highest BCUT2D eigenvalue weighted by atomic mass is 35.5. The van der Waals surface area contributed by atoms with Crippen LogP contribution in [0.25, 0.3) is 22.6 Å². The fourth-order valence-corrected chi connectivity index (χ4v) is 4.29. The summed E-state index contributed by atoms with van der Waals surface area (Å²) in [5, 5.41) is 14.4. The highest BCUT2D eigenvalue weighted by Crippen LogP contribution is 2.28. The van der Waals surface area contributed by atoms with Gasteiger partial charge in [-0.2, -0.15) is 0 Å². The van der Waals surface area contributed by atoms with Crippen LogP contribution in [0.15, 0.2) is 59.1 Å². The SMILES string of the molecule is Cc1ccc(-c2csc(NC(=O)CSc3nnc(-c4ccccc4Cl)n3N)n2)cc1. The number of nitrogens with two attached hydrogens (primary N) is 1. The predicted molar refractivity (Wildman–Crippen MR) is 122 cm³/mol. The second kappa shape index (κ2) is 8.86. The highest BCUT2D eigenvalue weighted by molar-refractivity contribution is 7.99. The van der Waals surface area contributed by atoms with E-state index in [1.165, 1.54) is 33.3 Å². The van der Waals surface area contributed by atoms with Crippen molar-refractivity contribution >= 4 is 45.7 Å². The number of hydrogen-bond acceptors (Lipinski definition) is 7.